The Morgan fingerprint density at radius 2 is 2.10 bits per heavy atom. The molecular formula is C14H15ClN4O2. The van der Waals surface area contributed by atoms with E-state index >= 15 is 0 Å². The van der Waals surface area contributed by atoms with Gasteiger partial charge < -0.3 is 15.8 Å². The van der Waals surface area contributed by atoms with Crippen LogP contribution in [0, 0.1) is 0 Å². The zero-order valence-electron chi connectivity index (χ0n) is 11.4. The van der Waals surface area contributed by atoms with Gasteiger partial charge in [-0.15, -0.1) is 0 Å². The predicted octanol–water partition coefficient (Wildman–Crippen LogP) is 2.03. The van der Waals surface area contributed by atoms with E-state index in [4.69, 9.17) is 22.1 Å². The number of methoxy groups -OCH3 is 1. The number of benzene rings is 1. The van der Waals surface area contributed by atoms with Gasteiger partial charge in [0.15, 0.2) is 0 Å². The van der Waals surface area contributed by atoms with Crippen LogP contribution in [0.15, 0.2) is 36.7 Å². The van der Waals surface area contributed by atoms with E-state index in [0.717, 1.165) is 5.56 Å². The van der Waals surface area contributed by atoms with Gasteiger partial charge in [-0.25, -0.2) is 4.98 Å². The van der Waals surface area contributed by atoms with Gasteiger partial charge in [0.1, 0.15) is 11.5 Å². The number of amides is 1. The maximum absolute atomic E-state index is 11.1. The summed E-state index contributed by atoms with van der Waals surface area (Å²) in [5.41, 5.74) is 6.27. The molecule has 0 aliphatic carbocycles. The summed E-state index contributed by atoms with van der Waals surface area (Å²) in [5.74, 6) is -0.177. The number of primary amides is 1. The lowest BCUT2D eigenvalue weighted by atomic mass is 10.1. The van der Waals surface area contributed by atoms with E-state index in [2.05, 4.69) is 15.3 Å². The molecule has 0 spiro atoms. The molecule has 21 heavy (non-hydrogen) atoms. The molecule has 0 aliphatic heterocycles. The quantitative estimate of drug-likeness (QED) is 0.852. The fourth-order valence-electron chi connectivity index (χ4n) is 1.82. The average Bonchev–Trinajstić information content (AvgIpc) is 2.48. The molecule has 0 fully saturated rings. The normalized spacial score (nSPS) is 11.9. The Labute approximate surface area is 127 Å². The molecule has 0 aliphatic rings. The summed E-state index contributed by atoms with van der Waals surface area (Å²) in [7, 11) is 1.61. The molecule has 1 atom stereocenters. The fourth-order valence-corrected chi connectivity index (χ4v) is 1.94. The van der Waals surface area contributed by atoms with Crippen LogP contribution in [0.3, 0.4) is 0 Å². The first-order valence-electron chi connectivity index (χ1n) is 6.23. The van der Waals surface area contributed by atoms with Crippen molar-refractivity contribution >= 4 is 23.3 Å². The summed E-state index contributed by atoms with van der Waals surface area (Å²) in [4.78, 5) is 19.2. The van der Waals surface area contributed by atoms with Crippen molar-refractivity contribution in [2.24, 2.45) is 5.73 Å². The Kier molecular flexibility index (Phi) is 5.08. The molecular weight excluding hydrogens is 292 g/mol. The molecule has 0 saturated carbocycles. The fraction of sp³-hybridized carbons (Fsp3) is 0.214. The van der Waals surface area contributed by atoms with Crippen molar-refractivity contribution in [1.82, 2.24) is 9.97 Å². The Morgan fingerprint density at radius 1 is 1.38 bits per heavy atom. The molecule has 0 bridgehead atoms. The topological polar surface area (TPSA) is 90.1 Å². The number of nitrogens with zero attached hydrogens (tertiary/aromatic N) is 2. The van der Waals surface area contributed by atoms with Crippen molar-refractivity contribution < 1.29 is 9.53 Å². The molecule has 2 aromatic rings. The minimum Gasteiger partial charge on any atom is -0.382 e. The van der Waals surface area contributed by atoms with Crippen LogP contribution >= 0.6 is 11.6 Å². The zero-order chi connectivity index (χ0) is 15.2. The number of halogens is 1. The molecule has 3 N–H and O–H groups in total. The van der Waals surface area contributed by atoms with Gasteiger partial charge in [0, 0.05) is 12.1 Å². The van der Waals surface area contributed by atoms with Gasteiger partial charge in [0.05, 0.1) is 25.0 Å². The first-order valence-corrected chi connectivity index (χ1v) is 6.60. The summed E-state index contributed by atoms with van der Waals surface area (Å²) in [6.07, 6.45) is 2.84. The van der Waals surface area contributed by atoms with Gasteiger partial charge in [-0.2, -0.15) is 0 Å². The van der Waals surface area contributed by atoms with E-state index in [0.29, 0.717) is 17.4 Å². The van der Waals surface area contributed by atoms with E-state index in [1.54, 1.807) is 19.2 Å². The number of carbonyl (C=O) groups is 1. The van der Waals surface area contributed by atoms with Crippen LogP contribution in [-0.2, 0) is 4.74 Å². The Hall–Kier alpha value is -2.18. The number of rotatable bonds is 6. The third kappa shape index (κ3) is 4.14. The lowest BCUT2D eigenvalue weighted by Crippen LogP contribution is -2.19. The lowest BCUT2D eigenvalue weighted by molar-refractivity contribution is 0.0995. The van der Waals surface area contributed by atoms with Gasteiger partial charge >= 0.3 is 0 Å². The van der Waals surface area contributed by atoms with Gasteiger partial charge in [-0.1, -0.05) is 23.7 Å². The summed E-state index contributed by atoms with van der Waals surface area (Å²) >= 11 is 5.88. The molecule has 1 heterocycles. The number of anilines is 1. The molecule has 1 aromatic heterocycles. The SMILES string of the molecule is COC[C@H](Nc1cncc(C(N)=O)n1)c1ccc(Cl)cc1. The highest BCUT2D eigenvalue weighted by Crippen LogP contribution is 2.20. The number of aromatic nitrogens is 2. The van der Waals surface area contributed by atoms with Crippen LogP contribution in [0.25, 0.3) is 0 Å². The molecule has 7 heteroatoms. The lowest BCUT2D eigenvalue weighted by Gasteiger charge is -2.19. The Balaban J connectivity index is 2.21. The Morgan fingerprint density at radius 3 is 2.71 bits per heavy atom. The molecule has 1 amide bonds. The number of nitrogens with one attached hydrogen (secondary N) is 1. The summed E-state index contributed by atoms with van der Waals surface area (Å²) in [5, 5.41) is 3.82. The molecule has 2 rings (SSSR count). The van der Waals surface area contributed by atoms with Gasteiger partial charge in [-0.3, -0.25) is 9.78 Å². The highest BCUT2D eigenvalue weighted by molar-refractivity contribution is 6.30. The minimum absolute atomic E-state index is 0.104. The van der Waals surface area contributed by atoms with Gasteiger partial charge in [0.25, 0.3) is 5.91 Å². The average molecular weight is 307 g/mol. The van der Waals surface area contributed by atoms with Crippen LogP contribution in [-0.4, -0.2) is 29.6 Å². The monoisotopic (exact) mass is 306 g/mol. The zero-order valence-corrected chi connectivity index (χ0v) is 12.2. The third-order valence-electron chi connectivity index (χ3n) is 2.81. The number of hydrogen-bond acceptors (Lipinski definition) is 5. The second-order valence-electron chi connectivity index (χ2n) is 4.36. The van der Waals surface area contributed by atoms with Crippen LogP contribution in [0.5, 0.6) is 0 Å². The second-order valence-corrected chi connectivity index (χ2v) is 4.79. The number of nitrogens with two attached hydrogens (primary N) is 1. The van der Waals surface area contributed by atoms with Crippen molar-refractivity contribution in [3.8, 4) is 0 Å². The second kappa shape index (κ2) is 7.01. The van der Waals surface area contributed by atoms with E-state index in [1.165, 1.54) is 12.4 Å². The van der Waals surface area contributed by atoms with Crippen molar-refractivity contribution in [1.29, 1.82) is 0 Å². The van der Waals surface area contributed by atoms with Crippen LogP contribution in [0.4, 0.5) is 5.82 Å². The van der Waals surface area contributed by atoms with E-state index < -0.39 is 5.91 Å². The molecule has 110 valence electrons. The highest BCUT2D eigenvalue weighted by Gasteiger charge is 2.13. The van der Waals surface area contributed by atoms with Crippen LogP contribution < -0.4 is 11.1 Å². The van der Waals surface area contributed by atoms with Crippen molar-refractivity contribution in [2.45, 2.75) is 6.04 Å². The number of hydrogen-bond donors (Lipinski definition) is 2. The van der Waals surface area contributed by atoms with E-state index in [9.17, 15) is 4.79 Å². The number of carbonyl (C=O) groups excluding carboxylic acids is 1. The van der Waals surface area contributed by atoms with Crippen LogP contribution in [0.1, 0.15) is 22.1 Å². The van der Waals surface area contributed by atoms with Crippen LogP contribution in [0.2, 0.25) is 5.02 Å². The van der Waals surface area contributed by atoms with Crippen molar-refractivity contribution in [3.05, 3.63) is 52.9 Å². The molecule has 6 nitrogen and oxygen atoms in total. The number of ether oxygens (including phenoxy) is 1. The Bertz CT molecular complexity index is 619. The van der Waals surface area contributed by atoms with Gasteiger partial charge in [0.2, 0.25) is 0 Å². The van der Waals surface area contributed by atoms with E-state index in [1.807, 2.05) is 12.1 Å². The smallest absolute Gasteiger partial charge is 0.268 e. The largest absolute Gasteiger partial charge is 0.382 e. The third-order valence-corrected chi connectivity index (χ3v) is 3.07. The predicted molar refractivity (Wildman–Crippen MR) is 80.2 cm³/mol. The summed E-state index contributed by atoms with van der Waals surface area (Å²) in [6.45, 7) is 0.421. The summed E-state index contributed by atoms with van der Waals surface area (Å²) < 4.78 is 5.20. The molecule has 0 unspecified atom stereocenters. The van der Waals surface area contributed by atoms with E-state index in [-0.39, 0.29) is 11.7 Å². The first-order chi connectivity index (χ1) is 10.1. The standard InChI is InChI=1S/C14H15ClN4O2/c1-21-8-12(9-2-4-10(15)5-3-9)19-13-7-17-6-11(18-13)14(16)20/h2-7,12H,8H2,1H3,(H2,16,20)(H,18,19)/t12-/m0/s1. The highest BCUT2D eigenvalue weighted by atomic mass is 35.5. The molecule has 1 aromatic carbocycles. The molecule has 0 saturated heterocycles. The van der Waals surface area contributed by atoms with Crippen molar-refractivity contribution in [2.75, 3.05) is 19.0 Å². The van der Waals surface area contributed by atoms with Crippen molar-refractivity contribution in [3.63, 3.8) is 0 Å². The first kappa shape index (κ1) is 15.2. The molecule has 0 radical (unpaired) electrons. The maximum atomic E-state index is 11.1. The maximum Gasteiger partial charge on any atom is 0.268 e. The minimum atomic E-state index is -0.624. The summed E-state index contributed by atoms with van der Waals surface area (Å²) in [6, 6.07) is 7.23. The van der Waals surface area contributed by atoms with Gasteiger partial charge in [-0.05, 0) is 17.7 Å².